The lowest BCUT2D eigenvalue weighted by atomic mass is 10.1. The van der Waals surface area contributed by atoms with Crippen LogP contribution >= 0.6 is 0 Å². The Hall–Kier alpha value is -1.74. The first-order chi connectivity index (χ1) is 11.8. The van der Waals surface area contributed by atoms with Crippen LogP contribution in [-0.2, 0) is 33.0 Å². The third-order valence-corrected chi connectivity index (χ3v) is 6.55. The van der Waals surface area contributed by atoms with Crippen LogP contribution in [0, 0.1) is 0 Å². The van der Waals surface area contributed by atoms with Crippen molar-refractivity contribution < 1.29 is 16.8 Å². The van der Waals surface area contributed by atoms with Gasteiger partial charge in [-0.1, -0.05) is 37.6 Å². The van der Waals surface area contributed by atoms with Crippen molar-refractivity contribution in [3.8, 4) is 0 Å². The molecule has 0 heterocycles. The van der Waals surface area contributed by atoms with Crippen LogP contribution < -0.4 is 9.44 Å². The molecule has 0 aliphatic rings. The Balaban J connectivity index is 2.13. The van der Waals surface area contributed by atoms with Gasteiger partial charge in [-0.25, -0.2) is 26.3 Å². The summed E-state index contributed by atoms with van der Waals surface area (Å²) in [6.07, 6.45) is 1.90. The molecule has 0 spiro atoms. The summed E-state index contributed by atoms with van der Waals surface area (Å²) in [4.78, 5) is 0.280. The van der Waals surface area contributed by atoms with E-state index in [4.69, 9.17) is 0 Å². The predicted molar refractivity (Wildman–Crippen MR) is 97.2 cm³/mol. The van der Waals surface area contributed by atoms with E-state index >= 15 is 0 Å². The zero-order valence-electron chi connectivity index (χ0n) is 14.2. The Kier molecular flexibility index (Phi) is 6.34. The molecular formula is C17H22N2O4S2. The van der Waals surface area contributed by atoms with Crippen molar-refractivity contribution in [1.29, 1.82) is 0 Å². The summed E-state index contributed by atoms with van der Waals surface area (Å²) in [5, 5.41) is 0. The Bertz CT molecular complexity index is 921. The van der Waals surface area contributed by atoms with Crippen LogP contribution in [0.2, 0.25) is 0 Å². The molecule has 136 valence electrons. The van der Waals surface area contributed by atoms with Crippen LogP contribution in [0.25, 0.3) is 0 Å². The van der Waals surface area contributed by atoms with Gasteiger partial charge < -0.3 is 0 Å². The Morgan fingerprint density at radius 2 is 1.52 bits per heavy atom. The van der Waals surface area contributed by atoms with Gasteiger partial charge in [0.25, 0.3) is 0 Å². The molecule has 0 atom stereocenters. The van der Waals surface area contributed by atoms with Gasteiger partial charge in [0.05, 0.1) is 9.79 Å². The van der Waals surface area contributed by atoms with Gasteiger partial charge in [0.15, 0.2) is 0 Å². The molecular weight excluding hydrogens is 360 g/mol. The van der Waals surface area contributed by atoms with E-state index in [1.54, 1.807) is 36.4 Å². The quantitative estimate of drug-likeness (QED) is 0.731. The van der Waals surface area contributed by atoms with E-state index in [-0.39, 0.29) is 16.3 Å². The highest BCUT2D eigenvalue weighted by molar-refractivity contribution is 7.89. The molecule has 8 heteroatoms. The fourth-order valence-corrected chi connectivity index (χ4v) is 4.14. The highest BCUT2D eigenvalue weighted by Gasteiger charge is 2.15. The van der Waals surface area contributed by atoms with E-state index in [0.717, 1.165) is 18.4 Å². The number of rotatable bonds is 8. The first kappa shape index (κ1) is 19.6. The molecule has 0 saturated carbocycles. The van der Waals surface area contributed by atoms with Crippen molar-refractivity contribution in [3.63, 3.8) is 0 Å². The van der Waals surface area contributed by atoms with E-state index in [2.05, 4.69) is 16.4 Å². The molecule has 2 N–H and O–H groups in total. The third kappa shape index (κ3) is 5.12. The molecule has 0 fully saturated rings. The Morgan fingerprint density at radius 3 is 2.12 bits per heavy atom. The SMILES string of the molecule is CCCc1ccc(S(=O)(=O)NCc2cccc(S(=O)(=O)NC)c2)cc1. The topological polar surface area (TPSA) is 92.3 Å². The number of aryl methyl sites for hydroxylation is 1. The largest absolute Gasteiger partial charge is 0.240 e. The molecule has 0 saturated heterocycles. The highest BCUT2D eigenvalue weighted by atomic mass is 32.2. The van der Waals surface area contributed by atoms with Crippen LogP contribution in [0.1, 0.15) is 24.5 Å². The van der Waals surface area contributed by atoms with Gasteiger partial charge in [-0.15, -0.1) is 0 Å². The first-order valence-electron chi connectivity index (χ1n) is 7.89. The molecule has 0 unspecified atom stereocenters. The molecule has 0 aromatic heterocycles. The second kappa shape index (κ2) is 8.09. The standard InChI is InChI=1S/C17H22N2O4S2/c1-3-5-14-8-10-16(11-9-14)25(22,23)19-13-15-6-4-7-17(12-15)24(20,21)18-2/h4,6-12,18-19H,3,5,13H2,1-2H3. The summed E-state index contributed by atoms with van der Waals surface area (Å²) >= 11 is 0. The molecule has 2 rings (SSSR count). The minimum Gasteiger partial charge on any atom is -0.214 e. The number of benzene rings is 2. The summed E-state index contributed by atoms with van der Waals surface area (Å²) in [7, 11) is -5.90. The lowest BCUT2D eigenvalue weighted by Crippen LogP contribution is -2.23. The lowest BCUT2D eigenvalue weighted by molar-refractivity contribution is 0.581. The molecule has 0 aliphatic heterocycles. The Labute approximate surface area is 149 Å². The van der Waals surface area contributed by atoms with E-state index in [1.165, 1.54) is 19.2 Å². The zero-order valence-corrected chi connectivity index (χ0v) is 15.8. The minimum absolute atomic E-state index is 0.00607. The fraction of sp³-hybridized carbons (Fsp3) is 0.294. The van der Waals surface area contributed by atoms with Gasteiger partial charge in [-0.05, 0) is 48.9 Å². The van der Waals surface area contributed by atoms with Crippen molar-refractivity contribution in [2.24, 2.45) is 0 Å². The molecule has 0 bridgehead atoms. The molecule has 2 aromatic rings. The molecule has 0 aliphatic carbocycles. The number of nitrogens with one attached hydrogen (secondary N) is 2. The summed E-state index contributed by atoms with van der Waals surface area (Å²) in [6.45, 7) is 2.07. The van der Waals surface area contributed by atoms with Gasteiger partial charge >= 0.3 is 0 Å². The normalized spacial score (nSPS) is 12.2. The van der Waals surface area contributed by atoms with Crippen LogP contribution in [0.3, 0.4) is 0 Å². The molecule has 0 amide bonds. The van der Waals surface area contributed by atoms with Crippen molar-refractivity contribution in [2.75, 3.05) is 7.05 Å². The van der Waals surface area contributed by atoms with Crippen LogP contribution in [-0.4, -0.2) is 23.9 Å². The average Bonchev–Trinajstić information content (AvgIpc) is 2.61. The van der Waals surface area contributed by atoms with Crippen molar-refractivity contribution in [3.05, 3.63) is 59.7 Å². The summed E-state index contributed by atoms with van der Waals surface area (Å²) in [5.74, 6) is 0. The maximum Gasteiger partial charge on any atom is 0.240 e. The van der Waals surface area contributed by atoms with E-state index in [0.29, 0.717) is 5.56 Å². The van der Waals surface area contributed by atoms with Crippen molar-refractivity contribution in [1.82, 2.24) is 9.44 Å². The first-order valence-corrected chi connectivity index (χ1v) is 10.9. The van der Waals surface area contributed by atoms with E-state index in [1.807, 2.05) is 0 Å². The third-order valence-electron chi connectivity index (χ3n) is 3.72. The number of hydrogen-bond acceptors (Lipinski definition) is 4. The van der Waals surface area contributed by atoms with Gasteiger partial charge in [0.1, 0.15) is 0 Å². The predicted octanol–water partition coefficient (Wildman–Crippen LogP) is 2.03. The maximum atomic E-state index is 12.4. The second-order valence-corrected chi connectivity index (χ2v) is 9.23. The summed E-state index contributed by atoms with van der Waals surface area (Å²) in [6, 6.07) is 12.9. The highest BCUT2D eigenvalue weighted by Crippen LogP contribution is 2.14. The van der Waals surface area contributed by atoms with Crippen LogP contribution in [0.5, 0.6) is 0 Å². The van der Waals surface area contributed by atoms with E-state index < -0.39 is 20.0 Å². The molecule has 0 radical (unpaired) electrons. The second-order valence-electron chi connectivity index (χ2n) is 5.57. The average molecular weight is 383 g/mol. The maximum absolute atomic E-state index is 12.4. The summed E-state index contributed by atoms with van der Waals surface area (Å²) < 4.78 is 53.1. The fourth-order valence-electron chi connectivity index (χ4n) is 2.33. The zero-order chi connectivity index (χ0) is 18.5. The van der Waals surface area contributed by atoms with Crippen LogP contribution in [0.15, 0.2) is 58.3 Å². The molecule has 25 heavy (non-hydrogen) atoms. The van der Waals surface area contributed by atoms with Gasteiger partial charge in [0.2, 0.25) is 20.0 Å². The van der Waals surface area contributed by atoms with Crippen molar-refractivity contribution in [2.45, 2.75) is 36.1 Å². The lowest BCUT2D eigenvalue weighted by Gasteiger charge is -2.09. The van der Waals surface area contributed by atoms with Crippen LogP contribution in [0.4, 0.5) is 0 Å². The minimum atomic E-state index is -3.66. The van der Waals surface area contributed by atoms with Gasteiger partial charge in [-0.3, -0.25) is 0 Å². The molecule has 2 aromatic carbocycles. The Morgan fingerprint density at radius 1 is 0.840 bits per heavy atom. The number of sulfonamides is 2. The van der Waals surface area contributed by atoms with E-state index in [9.17, 15) is 16.8 Å². The summed E-state index contributed by atoms with van der Waals surface area (Å²) in [5.41, 5.74) is 1.65. The monoisotopic (exact) mass is 382 g/mol. The smallest absolute Gasteiger partial charge is 0.214 e. The number of hydrogen-bond donors (Lipinski definition) is 2. The van der Waals surface area contributed by atoms with Gasteiger partial charge in [0, 0.05) is 6.54 Å². The van der Waals surface area contributed by atoms with Gasteiger partial charge in [-0.2, -0.15) is 0 Å². The molecule has 6 nitrogen and oxygen atoms in total. The van der Waals surface area contributed by atoms with Crippen molar-refractivity contribution >= 4 is 20.0 Å².